The van der Waals surface area contributed by atoms with Crippen LogP contribution in [0, 0.1) is 11.8 Å². The molecule has 184 valence electrons. The summed E-state index contributed by atoms with van der Waals surface area (Å²) in [5.41, 5.74) is 14.2. The van der Waals surface area contributed by atoms with E-state index in [-0.39, 0.29) is 23.7 Å². The first-order valence-corrected chi connectivity index (χ1v) is 12.0. The Hall–Kier alpha value is -4.39. The molecule has 2 fully saturated rings. The monoisotopic (exact) mass is 484 g/mol. The highest BCUT2D eigenvalue weighted by molar-refractivity contribution is 5.74. The summed E-state index contributed by atoms with van der Waals surface area (Å²) >= 11 is 0. The third kappa shape index (κ3) is 4.86. The van der Waals surface area contributed by atoms with Gasteiger partial charge in [0.15, 0.2) is 5.82 Å². The highest BCUT2D eigenvalue weighted by atomic mass is 16.3. The highest BCUT2D eigenvalue weighted by Crippen LogP contribution is 2.37. The van der Waals surface area contributed by atoms with Crippen LogP contribution in [0.1, 0.15) is 37.7 Å². The second kappa shape index (κ2) is 10.1. The summed E-state index contributed by atoms with van der Waals surface area (Å²) < 4.78 is 0. The SMILES string of the molecule is NC(=O)CCCC#Cc1cnc(N2C3CCC2CN(c2cc(-c4ccccc4O)nnc2N)C3)nc1. The number of piperazine rings is 1. The van der Waals surface area contributed by atoms with Crippen LogP contribution in [0.5, 0.6) is 5.75 Å². The molecular formula is C26H28N8O2. The van der Waals surface area contributed by atoms with Gasteiger partial charge in [0.2, 0.25) is 11.9 Å². The van der Waals surface area contributed by atoms with Crippen LogP contribution in [0.2, 0.25) is 0 Å². The molecule has 10 heteroatoms. The number of phenolic OH excluding ortho intramolecular Hbond substituents is 1. The largest absolute Gasteiger partial charge is 0.507 e. The zero-order chi connectivity index (χ0) is 25.1. The Balaban J connectivity index is 1.29. The quantitative estimate of drug-likeness (QED) is 0.353. The van der Waals surface area contributed by atoms with Crippen molar-refractivity contribution in [1.29, 1.82) is 0 Å². The lowest BCUT2D eigenvalue weighted by Crippen LogP contribution is -2.54. The smallest absolute Gasteiger partial charge is 0.225 e. The van der Waals surface area contributed by atoms with Crippen molar-refractivity contribution >= 4 is 23.4 Å². The third-order valence-corrected chi connectivity index (χ3v) is 6.63. The number of carbonyl (C=O) groups excluding carboxylic acids is 1. The van der Waals surface area contributed by atoms with Gasteiger partial charge in [0, 0.05) is 56.0 Å². The van der Waals surface area contributed by atoms with Crippen LogP contribution < -0.4 is 21.3 Å². The number of anilines is 3. The van der Waals surface area contributed by atoms with E-state index < -0.39 is 0 Å². The zero-order valence-corrected chi connectivity index (χ0v) is 19.8. The first-order valence-electron chi connectivity index (χ1n) is 12.0. The fraction of sp³-hybridized carbons (Fsp3) is 0.346. The predicted octanol–water partition coefficient (Wildman–Crippen LogP) is 2.09. The number of hydrogen-bond donors (Lipinski definition) is 3. The number of aromatic hydroxyl groups is 1. The van der Waals surface area contributed by atoms with E-state index in [2.05, 4.69) is 41.8 Å². The Morgan fingerprint density at radius 3 is 2.53 bits per heavy atom. The van der Waals surface area contributed by atoms with Crippen molar-refractivity contribution in [3.05, 3.63) is 48.3 Å². The Morgan fingerprint density at radius 1 is 1.11 bits per heavy atom. The fourth-order valence-corrected chi connectivity index (χ4v) is 4.93. The summed E-state index contributed by atoms with van der Waals surface area (Å²) in [6.07, 6.45) is 7.18. The Morgan fingerprint density at radius 2 is 1.83 bits per heavy atom. The van der Waals surface area contributed by atoms with Crippen LogP contribution in [-0.2, 0) is 4.79 Å². The number of hydrogen-bond acceptors (Lipinski definition) is 9. The maximum atomic E-state index is 10.8. The number of nitrogen functional groups attached to an aromatic ring is 1. The molecule has 0 radical (unpaired) electrons. The van der Waals surface area contributed by atoms with Gasteiger partial charge in [-0.15, -0.1) is 10.2 Å². The molecule has 2 saturated heterocycles. The third-order valence-electron chi connectivity index (χ3n) is 6.63. The molecule has 4 heterocycles. The van der Waals surface area contributed by atoms with Gasteiger partial charge in [0.05, 0.1) is 16.9 Å². The van der Waals surface area contributed by atoms with Crippen molar-refractivity contribution in [1.82, 2.24) is 20.2 Å². The first kappa shape index (κ1) is 23.4. The summed E-state index contributed by atoms with van der Waals surface area (Å²) in [4.78, 5) is 24.5. The maximum Gasteiger partial charge on any atom is 0.225 e. The Bertz CT molecular complexity index is 1300. The molecule has 2 aliphatic heterocycles. The molecule has 1 amide bonds. The maximum absolute atomic E-state index is 10.8. The number of primary amides is 1. The van der Waals surface area contributed by atoms with Crippen molar-refractivity contribution in [2.45, 2.75) is 44.2 Å². The van der Waals surface area contributed by atoms with E-state index in [1.54, 1.807) is 24.5 Å². The average molecular weight is 485 g/mol. The van der Waals surface area contributed by atoms with Crippen molar-refractivity contribution in [2.24, 2.45) is 5.73 Å². The van der Waals surface area contributed by atoms with Gasteiger partial charge in [-0.1, -0.05) is 24.0 Å². The summed E-state index contributed by atoms with van der Waals surface area (Å²) in [5, 5.41) is 18.6. The molecule has 5 rings (SSSR count). The first-order chi connectivity index (χ1) is 17.5. The molecule has 3 aromatic rings. The topological polar surface area (TPSA) is 147 Å². The molecule has 10 nitrogen and oxygen atoms in total. The second-order valence-corrected chi connectivity index (χ2v) is 9.11. The zero-order valence-electron chi connectivity index (χ0n) is 19.8. The van der Waals surface area contributed by atoms with Crippen molar-refractivity contribution in [3.8, 4) is 28.8 Å². The van der Waals surface area contributed by atoms with Gasteiger partial charge in [-0.2, -0.15) is 0 Å². The minimum Gasteiger partial charge on any atom is -0.507 e. The molecule has 2 atom stereocenters. The summed E-state index contributed by atoms with van der Waals surface area (Å²) in [7, 11) is 0. The van der Waals surface area contributed by atoms with Crippen LogP contribution in [-0.4, -0.2) is 56.4 Å². The van der Waals surface area contributed by atoms with Gasteiger partial charge in [0.25, 0.3) is 0 Å². The fourth-order valence-electron chi connectivity index (χ4n) is 4.93. The molecule has 5 N–H and O–H groups in total. The molecule has 2 unspecified atom stereocenters. The number of phenols is 1. The minimum absolute atomic E-state index is 0.156. The number of fused-ring (bicyclic) bond motifs is 2. The van der Waals surface area contributed by atoms with Crippen LogP contribution in [0.3, 0.4) is 0 Å². The number of benzene rings is 1. The van der Waals surface area contributed by atoms with E-state index >= 15 is 0 Å². The number of nitrogens with zero attached hydrogens (tertiary/aromatic N) is 6. The molecular weight excluding hydrogens is 456 g/mol. The standard InChI is InChI=1S/C26H28N8O2/c27-24(36)9-3-1-2-6-17-13-29-26(30-14-17)34-18-10-11-19(34)16-33(15-18)22-12-21(31-32-25(22)28)20-7-4-5-8-23(20)35/h4-5,7-8,12-14,18-19,35H,1,3,9-11,15-16H2,(H2,27,36)(H2,28,32). The van der Waals surface area contributed by atoms with E-state index in [0.717, 1.165) is 37.2 Å². The number of amides is 1. The molecule has 0 spiro atoms. The van der Waals surface area contributed by atoms with E-state index in [1.165, 1.54) is 0 Å². The molecule has 0 aliphatic carbocycles. The number of unbranched alkanes of at least 4 members (excludes halogenated alkanes) is 1. The number of carbonyl (C=O) groups is 1. The lowest BCUT2D eigenvalue weighted by Gasteiger charge is -2.42. The molecule has 36 heavy (non-hydrogen) atoms. The van der Waals surface area contributed by atoms with E-state index in [0.29, 0.717) is 42.3 Å². The number of para-hydroxylation sites is 1. The molecule has 2 aromatic heterocycles. The Labute approximate surface area is 209 Å². The molecule has 2 bridgehead atoms. The molecule has 2 aliphatic rings. The van der Waals surface area contributed by atoms with E-state index in [1.807, 2.05) is 18.2 Å². The van der Waals surface area contributed by atoms with E-state index in [4.69, 9.17) is 11.5 Å². The highest BCUT2D eigenvalue weighted by Gasteiger charge is 2.42. The lowest BCUT2D eigenvalue weighted by molar-refractivity contribution is -0.118. The van der Waals surface area contributed by atoms with Crippen LogP contribution in [0.15, 0.2) is 42.7 Å². The van der Waals surface area contributed by atoms with Gasteiger partial charge in [-0.05, 0) is 37.5 Å². The summed E-state index contributed by atoms with van der Waals surface area (Å²) in [5.74, 6) is 7.01. The Kier molecular flexibility index (Phi) is 6.54. The molecule has 1 aromatic carbocycles. The number of rotatable bonds is 6. The number of nitrogens with two attached hydrogens (primary N) is 2. The van der Waals surface area contributed by atoms with E-state index in [9.17, 15) is 9.90 Å². The van der Waals surface area contributed by atoms with Crippen molar-refractivity contribution in [2.75, 3.05) is 28.6 Å². The molecule has 0 saturated carbocycles. The summed E-state index contributed by atoms with van der Waals surface area (Å²) in [6, 6.07) is 9.47. The normalized spacial score (nSPS) is 18.6. The van der Waals surface area contributed by atoms with Gasteiger partial charge in [-0.3, -0.25) is 4.79 Å². The number of aromatic nitrogens is 4. The lowest BCUT2D eigenvalue weighted by atomic mass is 10.1. The van der Waals surface area contributed by atoms with Crippen LogP contribution in [0.4, 0.5) is 17.5 Å². The van der Waals surface area contributed by atoms with Gasteiger partial charge in [0.1, 0.15) is 5.75 Å². The minimum atomic E-state index is -0.307. The van der Waals surface area contributed by atoms with Crippen molar-refractivity contribution in [3.63, 3.8) is 0 Å². The van der Waals surface area contributed by atoms with Crippen molar-refractivity contribution < 1.29 is 9.90 Å². The summed E-state index contributed by atoms with van der Waals surface area (Å²) in [6.45, 7) is 1.52. The second-order valence-electron chi connectivity index (χ2n) is 9.11. The van der Waals surface area contributed by atoms with Gasteiger partial charge < -0.3 is 26.4 Å². The van der Waals surface area contributed by atoms with Gasteiger partial charge >= 0.3 is 0 Å². The predicted molar refractivity (Wildman–Crippen MR) is 137 cm³/mol. The van der Waals surface area contributed by atoms with Crippen LogP contribution in [0.25, 0.3) is 11.3 Å². The van der Waals surface area contributed by atoms with Gasteiger partial charge in [-0.25, -0.2) is 9.97 Å². The average Bonchev–Trinajstić information content (AvgIpc) is 3.14. The van der Waals surface area contributed by atoms with Crippen LogP contribution >= 0.6 is 0 Å².